The molecule has 0 atom stereocenters. The quantitative estimate of drug-likeness (QED) is 0.814. The average Bonchev–Trinajstić information content (AvgIpc) is 2.03. The largest absolute Gasteiger partial charge is 0.384 e. The molecule has 2 heteroatoms. The third-order valence-corrected chi connectivity index (χ3v) is 2.13. The van der Waals surface area contributed by atoms with Gasteiger partial charge in [0, 0.05) is 16.7 Å². The van der Waals surface area contributed by atoms with Crippen LogP contribution in [0, 0.1) is 0 Å². The predicted molar refractivity (Wildman–Crippen MR) is 52.9 cm³/mol. The zero-order chi connectivity index (χ0) is 8.10. The normalized spacial score (nSPS) is 9.64. The molecule has 60 valence electrons. The van der Waals surface area contributed by atoms with Gasteiger partial charge in [0.15, 0.2) is 0 Å². The maximum absolute atomic E-state index is 3.46. The van der Waals surface area contributed by atoms with Gasteiger partial charge in [-0.2, -0.15) is 0 Å². The molecule has 0 aliphatic heterocycles. The molecule has 0 heterocycles. The molecule has 0 fully saturated rings. The predicted octanol–water partition coefficient (Wildman–Crippen LogP) is 3.27. The Labute approximate surface area is 75.9 Å². The average molecular weight is 214 g/mol. The highest BCUT2D eigenvalue weighted by molar-refractivity contribution is 9.10. The van der Waals surface area contributed by atoms with E-state index in [9.17, 15) is 0 Å². The first-order valence-corrected chi connectivity index (χ1v) is 4.62. The summed E-state index contributed by atoms with van der Waals surface area (Å²) in [5, 5.41) is 3.32. The van der Waals surface area contributed by atoms with Crippen LogP contribution in [0.4, 0.5) is 5.69 Å². The topological polar surface area (TPSA) is 12.0 Å². The van der Waals surface area contributed by atoms with Gasteiger partial charge in [0.2, 0.25) is 0 Å². The van der Waals surface area contributed by atoms with Gasteiger partial charge in [-0.3, -0.25) is 0 Å². The van der Waals surface area contributed by atoms with Gasteiger partial charge in [0.05, 0.1) is 0 Å². The third kappa shape index (κ3) is 2.54. The molecule has 0 aliphatic carbocycles. The van der Waals surface area contributed by atoms with Gasteiger partial charge >= 0.3 is 0 Å². The highest BCUT2D eigenvalue weighted by atomic mass is 79.9. The van der Waals surface area contributed by atoms with Crippen LogP contribution in [0.15, 0.2) is 28.7 Å². The van der Waals surface area contributed by atoms with Crippen molar-refractivity contribution in [2.45, 2.75) is 13.3 Å². The molecule has 0 saturated heterocycles. The number of rotatable bonds is 3. The Hall–Kier alpha value is -0.500. The Kier molecular flexibility index (Phi) is 3.43. The molecule has 11 heavy (non-hydrogen) atoms. The Morgan fingerprint density at radius 3 is 2.73 bits per heavy atom. The molecule has 1 aromatic carbocycles. The minimum Gasteiger partial charge on any atom is -0.384 e. The summed E-state index contributed by atoms with van der Waals surface area (Å²) in [5.41, 5.74) is 1.18. The van der Waals surface area contributed by atoms with Crippen LogP contribution in [0.1, 0.15) is 13.3 Å². The molecule has 0 bridgehead atoms. The lowest BCUT2D eigenvalue weighted by Gasteiger charge is -2.05. The Morgan fingerprint density at radius 2 is 2.09 bits per heavy atom. The number of nitrogens with one attached hydrogen (secondary N) is 1. The van der Waals surface area contributed by atoms with Crippen molar-refractivity contribution < 1.29 is 0 Å². The summed E-state index contributed by atoms with van der Waals surface area (Å²) in [6.07, 6.45) is 1.15. The number of hydrogen-bond donors (Lipinski definition) is 1. The van der Waals surface area contributed by atoms with E-state index < -0.39 is 0 Å². The molecule has 0 spiro atoms. The second-order valence-corrected chi connectivity index (χ2v) is 3.26. The van der Waals surface area contributed by atoms with Crippen LogP contribution in [0.25, 0.3) is 0 Å². The van der Waals surface area contributed by atoms with Crippen molar-refractivity contribution >= 4 is 21.6 Å². The summed E-state index contributed by atoms with van der Waals surface area (Å²) in [7, 11) is 0. The van der Waals surface area contributed by atoms with Gasteiger partial charge in [0.1, 0.15) is 0 Å². The molecule has 1 N–H and O–H groups in total. The van der Waals surface area contributed by atoms with E-state index in [1.807, 2.05) is 18.2 Å². The van der Waals surface area contributed by atoms with Crippen LogP contribution in [-0.2, 0) is 0 Å². The molecule has 1 aromatic rings. The van der Waals surface area contributed by atoms with Crippen LogP contribution in [-0.4, -0.2) is 6.54 Å². The Balaban J connectivity index is 2.62. The van der Waals surface area contributed by atoms with Crippen molar-refractivity contribution in [1.29, 1.82) is 0 Å². The van der Waals surface area contributed by atoms with Crippen molar-refractivity contribution in [1.82, 2.24) is 0 Å². The Morgan fingerprint density at radius 1 is 1.36 bits per heavy atom. The van der Waals surface area contributed by atoms with Crippen LogP contribution in [0.5, 0.6) is 0 Å². The van der Waals surface area contributed by atoms with Crippen LogP contribution in [0.2, 0.25) is 0 Å². The summed E-state index contributed by atoms with van der Waals surface area (Å²) in [6.45, 7) is 3.19. The first-order chi connectivity index (χ1) is 5.34. The lowest BCUT2D eigenvalue weighted by atomic mass is 10.3. The molecule has 1 rings (SSSR count). The first kappa shape index (κ1) is 8.60. The second kappa shape index (κ2) is 4.39. The summed E-state index contributed by atoms with van der Waals surface area (Å²) in [4.78, 5) is 0. The second-order valence-electron chi connectivity index (χ2n) is 2.41. The van der Waals surface area contributed by atoms with E-state index in [1.54, 1.807) is 0 Å². The van der Waals surface area contributed by atoms with Crippen molar-refractivity contribution in [2.75, 3.05) is 11.9 Å². The molecule has 0 unspecified atom stereocenters. The van der Waals surface area contributed by atoms with Gasteiger partial charge in [0.25, 0.3) is 0 Å². The minimum atomic E-state index is 1.03. The smallest absolute Gasteiger partial charge is 0.0484 e. The van der Waals surface area contributed by atoms with E-state index in [-0.39, 0.29) is 0 Å². The molecular weight excluding hydrogens is 202 g/mol. The summed E-state index contributed by atoms with van der Waals surface area (Å²) in [5.74, 6) is 0. The zero-order valence-electron chi connectivity index (χ0n) is 6.60. The summed E-state index contributed by atoms with van der Waals surface area (Å²) >= 11 is 3.46. The molecule has 0 aromatic heterocycles. The highest BCUT2D eigenvalue weighted by Gasteiger charge is 1.93. The van der Waals surface area contributed by atoms with Crippen LogP contribution >= 0.6 is 15.9 Å². The van der Waals surface area contributed by atoms with Crippen LogP contribution < -0.4 is 5.32 Å². The number of hydrogen-bond acceptors (Lipinski definition) is 1. The van der Waals surface area contributed by atoms with E-state index in [2.05, 4.69) is 34.2 Å². The van der Waals surface area contributed by atoms with Gasteiger partial charge < -0.3 is 5.32 Å². The summed E-state index contributed by atoms with van der Waals surface area (Å²) < 4.78 is 1.13. The van der Waals surface area contributed by atoms with Gasteiger partial charge in [-0.15, -0.1) is 0 Å². The zero-order valence-corrected chi connectivity index (χ0v) is 8.19. The van der Waals surface area contributed by atoms with E-state index in [1.165, 1.54) is 5.69 Å². The number of benzene rings is 1. The molecule has 0 amide bonds. The lowest BCUT2D eigenvalue weighted by Crippen LogP contribution is -1.99. The van der Waals surface area contributed by atoms with E-state index in [4.69, 9.17) is 0 Å². The maximum Gasteiger partial charge on any atom is 0.0484 e. The fourth-order valence-electron chi connectivity index (χ4n) is 0.864. The fraction of sp³-hybridized carbons (Fsp3) is 0.333. The molecule has 0 aliphatic rings. The maximum atomic E-state index is 3.46. The number of anilines is 1. The van der Waals surface area contributed by atoms with Crippen LogP contribution in [0.3, 0.4) is 0 Å². The fourth-order valence-corrected chi connectivity index (χ4v) is 1.29. The SMILES string of the molecule is CCCNc1ccccc1Br. The molecule has 0 radical (unpaired) electrons. The number of para-hydroxylation sites is 1. The lowest BCUT2D eigenvalue weighted by molar-refractivity contribution is 0.979. The number of halogens is 1. The van der Waals surface area contributed by atoms with Gasteiger partial charge in [-0.25, -0.2) is 0 Å². The van der Waals surface area contributed by atoms with Gasteiger partial charge in [-0.1, -0.05) is 19.1 Å². The monoisotopic (exact) mass is 213 g/mol. The highest BCUT2D eigenvalue weighted by Crippen LogP contribution is 2.20. The van der Waals surface area contributed by atoms with Crippen molar-refractivity contribution in [2.24, 2.45) is 0 Å². The molecule has 0 saturated carbocycles. The van der Waals surface area contributed by atoms with Crippen molar-refractivity contribution in [3.8, 4) is 0 Å². The van der Waals surface area contributed by atoms with Crippen molar-refractivity contribution in [3.05, 3.63) is 28.7 Å². The Bertz CT molecular complexity index is 223. The molecule has 1 nitrogen and oxygen atoms in total. The van der Waals surface area contributed by atoms with Gasteiger partial charge in [-0.05, 0) is 34.5 Å². The first-order valence-electron chi connectivity index (χ1n) is 3.83. The van der Waals surface area contributed by atoms with Crippen molar-refractivity contribution in [3.63, 3.8) is 0 Å². The third-order valence-electron chi connectivity index (χ3n) is 1.44. The van der Waals surface area contributed by atoms with E-state index >= 15 is 0 Å². The standard InChI is InChI=1S/C9H12BrN/c1-2-7-11-9-6-4-3-5-8(9)10/h3-6,11H,2,7H2,1H3. The minimum absolute atomic E-state index is 1.03. The van der Waals surface area contributed by atoms with E-state index in [0.717, 1.165) is 17.4 Å². The summed E-state index contributed by atoms with van der Waals surface area (Å²) in [6, 6.07) is 8.15. The van der Waals surface area contributed by atoms with E-state index in [0.29, 0.717) is 0 Å². The molecular formula is C9H12BrN.